The average Bonchev–Trinajstić information content (AvgIpc) is 2.30. The highest BCUT2D eigenvalue weighted by molar-refractivity contribution is 5.91. The second-order valence-electron chi connectivity index (χ2n) is 4.49. The number of ether oxygens (including phenoxy) is 1. The number of fused-ring (bicyclic) bond motifs is 1. The van der Waals surface area contributed by atoms with Gasteiger partial charge in [-0.25, -0.2) is 0 Å². The summed E-state index contributed by atoms with van der Waals surface area (Å²) in [5.74, 6) is 1.22. The monoisotopic (exact) mass is 218 g/mol. The van der Waals surface area contributed by atoms with Gasteiger partial charge in [-0.3, -0.25) is 4.79 Å². The standard InChI is InChI=1S/C14H18O2/c1-3-9-14-10-12(16-2)8-7-11(14)5-4-6-13(14)15/h3,7,10H,1,4-6,8-9H2,2H3. The van der Waals surface area contributed by atoms with Crippen LogP contribution < -0.4 is 0 Å². The number of carbonyl (C=O) groups excluding carboxylic acids is 1. The van der Waals surface area contributed by atoms with E-state index in [0.717, 1.165) is 25.0 Å². The third-order valence-corrected chi connectivity index (χ3v) is 3.61. The molecule has 0 aliphatic heterocycles. The molecule has 2 nitrogen and oxygen atoms in total. The maximum atomic E-state index is 12.2. The second kappa shape index (κ2) is 4.28. The Morgan fingerprint density at radius 3 is 3.06 bits per heavy atom. The van der Waals surface area contributed by atoms with Gasteiger partial charge >= 0.3 is 0 Å². The van der Waals surface area contributed by atoms with Gasteiger partial charge in [-0.15, -0.1) is 6.58 Å². The molecular formula is C14H18O2. The Hall–Kier alpha value is -1.31. The van der Waals surface area contributed by atoms with Crippen LogP contribution in [0.25, 0.3) is 0 Å². The van der Waals surface area contributed by atoms with Gasteiger partial charge in [-0.05, 0) is 25.3 Å². The van der Waals surface area contributed by atoms with Gasteiger partial charge in [-0.1, -0.05) is 17.7 Å². The summed E-state index contributed by atoms with van der Waals surface area (Å²) in [4.78, 5) is 12.2. The molecule has 0 saturated heterocycles. The summed E-state index contributed by atoms with van der Waals surface area (Å²) in [6, 6.07) is 0. The molecule has 2 heteroatoms. The van der Waals surface area contributed by atoms with Crippen molar-refractivity contribution in [2.75, 3.05) is 7.11 Å². The van der Waals surface area contributed by atoms with Gasteiger partial charge in [0.1, 0.15) is 5.78 Å². The van der Waals surface area contributed by atoms with Gasteiger partial charge < -0.3 is 4.74 Å². The van der Waals surface area contributed by atoms with Crippen LogP contribution in [-0.2, 0) is 9.53 Å². The first-order valence-electron chi connectivity index (χ1n) is 5.82. The molecule has 0 aromatic carbocycles. The Labute approximate surface area is 96.7 Å². The van der Waals surface area contributed by atoms with E-state index in [2.05, 4.69) is 12.7 Å². The number of hydrogen-bond donors (Lipinski definition) is 0. The minimum atomic E-state index is -0.427. The third kappa shape index (κ3) is 1.62. The van der Waals surface area contributed by atoms with Crippen LogP contribution in [0.4, 0.5) is 0 Å². The van der Waals surface area contributed by atoms with Crippen LogP contribution in [0, 0.1) is 5.41 Å². The molecule has 2 aliphatic carbocycles. The van der Waals surface area contributed by atoms with Crippen LogP contribution >= 0.6 is 0 Å². The van der Waals surface area contributed by atoms with E-state index in [1.165, 1.54) is 5.57 Å². The molecule has 0 aromatic heterocycles. The highest BCUT2D eigenvalue weighted by atomic mass is 16.5. The lowest BCUT2D eigenvalue weighted by Crippen LogP contribution is -2.36. The third-order valence-electron chi connectivity index (χ3n) is 3.61. The Bertz CT molecular complexity index is 376. The van der Waals surface area contributed by atoms with Crippen LogP contribution in [0.1, 0.15) is 32.1 Å². The van der Waals surface area contributed by atoms with E-state index in [1.54, 1.807) is 7.11 Å². The molecular weight excluding hydrogens is 200 g/mol. The molecule has 0 N–H and O–H groups in total. The summed E-state index contributed by atoms with van der Waals surface area (Å²) in [7, 11) is 1.67. The maximum Gasteiger partial charge on any atom is 0.147 e. The van der Waals surface area contributed by atoms with E-state index in [4.69, 9.17) is 4.74 Å². The number of rotatable bonds is 3. The van der Waals surface area contributed by atoms with Crippen molar-refractivity contribution in [3.8, 4) is 0 Å². The summed E-state index contributed by atoms with van der Waals surface area (Å²) < 4.78 is 5.29. The Morgan fingerprint density at radius 2 is 2.38 bits per heavy atom. The number of methoxy groups -OCH3 is 1. The molecule has 1 atom stereocenters. The van der Waals surface area contributed by atoms with E-state index >= 15 is 0 Å². The van der Waals surface area contributed by atoms with Crippen LogP contribution in [-0.4, -0.2) is 12.9 Å². The van der Waals surface area contributed by atoms with E-state index in [1.807, 2.05) is 12.2 Å². The fourth-order valence-corrected chi connectivity index (χ4v) is 2.75. The van der Waals surface area contributed by atoms with Crippen molar-refractivity contribution >= 4 is 5.78 Å². The van der Waals surface area contributed by atoms with Gasteiger partial charge in [0, 0.05) is 12.8 Å². The van der Waals surface area contributed by atoms with E-state index in [-0.39, 0.29) is 0 Å². The van der Waals surface area contributed by atoms with Crippen molar-refractivity contribution in [3.05, 3.63) is 36.1 Å². The molecule has 2 aliphatic rings. The summed E-state index contributed by atoms with van der Waals surface area (Å²) in [6.45, 7) is 3.78. The quantitative estimate of drug-likeness (QED) is 0.680. The minimum Gasteiger partial charge on any atom is -0.501 e. The fourth-order valence-electron chi connectivity index (χ4n) is 2.75. The molecule has 0 spiro atoms. The fraction of sp³-hybridized carbons (Fsp3) is 0.500. The SMILES string of the molecule is C=CCC12C=C(OC)CC=C1CCCC2=O. The maximum absolute atomic E-state index is 12.2. The molecule has 16 heavy (non-hydrogen) atoms. The molecule has 86 valence electrons. The first kappa shape index (κ1) is 11.2. The lowest BCUT2D eigenvalue weighted by Gasteiger charge is -2.38. The Kier molecular flexibility index (Phi) is 2.99. The molecule has 0 radical (unpaired) electrons. The Morgan fingerprint density at radius 1 is 1.56 bits per heavy atom. The molecule has 1 saturated carbocycles. The smallest absolute Gasteiger partial charge is 0.147 e. The molecule has 2 rings (SSSR count). The normalized spacial score (nSPS) is 28.9. The largest absolute Gasteiger partial charge is 0.501 e. The first-order valence-corrected chi connectivity index (χ1v) is 5.82. The van der Waals surface area contributed by atoms with Crippen LogP contribution in [0.2, 0.25) is 0 Å². The summed E-state index contributed by atoms with van der Waals surface area (Å²) in [5, 5.41) is 0. The zero-order valence-corrected chi connectivity index (χ0v) is 9.79. The van der Waals surface area contributed by atoms with Gasteiger partial charge in [0.15, 0.2) is 0 Å². The zero-order chi connectivity index (χ0) is 11.6. The van der Waals surface area contributed by atoms with Crippen molar-refractivity contribution in [2.24, 2.45) is 5.41 Å². The minimum absolute atomic E-state index is 0.319. The zero-order valence-electron chi connectivity index (χ0n) is 9.79. The van der Waals surface area contributed by atoms with Crippen LogP contribution in [0.3, 0.4) is 0 Å². The highest BCUT2D eigenvalue weighted by Crippen LogP contribution is 2.46. The number of carbonyl (C=O) groups is 1. The number of Topliss-reactive ketones (excluding diaryl/α,β-unsaturated/α-hetero) is 1. The van der Waals surface area contributed by atoms with E-state index in [0.29, 0.717) is 18.6 Å². The molecule has 1 fully saturated rings. The molecule has 0 bridgehead atoms. The number of hydrogen-bond acceptors (Lipinski definition) is 2. The summed E-state index contributed by atoms with van der Waals surface area (Å²) in [5.41, 5.74) is 0.841. The average molecular weight is 218 g/mol. The molecule has 0 amide bonds. The summed E-state index contributed by atoms with van der Waals surface area (Å²) in [6.07, 6.45) is 10.2. The van der Waals surface area contributed by atoms with Gasteiger partial charge in [0.2, 0.25) is 0 Å². The predicted molar refractivity (Wildman–Crippen MR) is 63.9 cm³/mol. The van der Waals surface area contributed by atoms with Crippen molar-refractivity contribution in [3.63, 3.8) is 0 Å². The van der Waals surface area contributed by atoms with Crippen molar-refractivity contribution < 1.29 is 9.53 Å². The molecule has 1 unspecified atom stereocenters. The number of ketones is 1. The Balaban J connectivity index is 2.43. The lowest BCUT2D eigenvalue weighted by molar-refractivity contribution is -0.126. The van der Waals surface area contributed by atoms with Crippen molar-refractivity contribution in [1.82, 2.24) is 0 Å². The highest BCUT2D eigenvalue weighted by Gasteiger charge is 2.42. The molecule has 0 heterocycles. The van der Waals surface area contributed by atoms with Gasteiger partial charge in [0.05, 0.1) is 18.3 Å². The van der Waals surface area contributed by atoms with Gasteiger partial charge in [-0.2, -0.15) is 0 Å². The summed E-state index contributed by atoms with van der Waals surface area (Å²) >= 11 is 0. The van der Waals surface area contributed by atoms with E-state index < -0.39 is 5.41 Å². The lowest BCUT2D eigenvalue weighted by atomic mass is 9.65. The second-order valence-corrected chi connectivity index (χ2v) is 4.49. The van der Waals surface area contributed by atoms with Crippen LogP contribution in [0.5, 0.6) is 0 Å². The topological polar surface area (TPSA) is 26.3 Å². The van der Waals surface area contributed by atoms with Crippen LogP contribution in [0.15, 0.2) is 36.1 Å². The van der Waals surface area contributed by atoms with Crippen molar-refractivity contribution in [1.29, 1.82) is 0 Å². The van der Waals surface area contributed by atoms with Crippen molar-refractivity contribution in [2.45, 2.75) is 32.1 Å². The number of allylic oxidation sites excluding steroid dienone is 4. The molecule has 0 aromatic rings. The first-order chi connectivity index (χ1) is 7.73. The predicted octanol–water partition coefficient (Wildman–Crippen LogP) is 3.16. The van der Waals surface area contributed by atoms with Gasteiger partial charge in [0.25, 0.3) is 0 Å². The van der Waals surface area contributed by atoms with E-state index in [9.17, 15) is 4.79 Å².